The fourth-order valence-corrected chi connectivity index (χ4v) is 3.40. The van der Waals surface area contributed by atoms with Crippen LogP contribution in [0.3, 0.4) is 0 Å². The van der Waals surface area contributed by atoms with E-state index in [1.807, 2.05) is 37.3 Å². The van der Waals surface area contributed by atoms with E-state index in [1.54, 1.807) is 6.92 Å². The van der Waals surface area contributed by atoms with Gasteiger partial charge in [0.1, 0.15) is 5.00 Å². The van der Waals surface area contributed by atoms with E-state index >= 15 is 0 Å². The van der Waals surface area contributed by atoms with Crippen molar-refractivity contribution in [3.63, 3.8) is 0 Å². The van der Waals surface area contributed by atoms with Crippen LogP contribution in [0.1, 0.15) is 29.1 Å². The number of benzene rings is 1. The third-order valence-corrected chi connectivity index (χ3v) is 4.85. The zero-order valence-electron chi connectivity index (χ0n) is 13.3. The Kier molecular flexibility index (Phi) is 4.97. The van der Waals surface area contributed by atoms with Crippen molar-refractivity contribution in [1.29, 1.82) is 0 Å². The highest BCUT2D eigenvalue weighted by molar-refractivity contribution is 7.16. The first-order chi connectivity index (χ1) is 11.6. The largest absolute Gasteiger partial charge is 0.462 e. The second-order valence-corrected chi connectivity index (χ2v) is 6.50. The smallest absolute Gasteiger partial charge is 0.341 e. The van der Waals surface area contributed by atoms with E-state index in [4.69, 9.17) is 16.3 Å². The number of esters is 1. The Morgan fingerprint density at radius 3 is 2.62 bits per heavy atom. The molecule has 0 fully saturated rings. The summed E-state index contributed by atoms with van der Waals surface area (Å²) in [6.07, 6.45) is 0.829. The molecule has 24 heavy (non-hydrogen) atoms. The monoisotopic (exact) mass is 361 g/mol. The summed E-state index contributed by atoms with van der Waals surface area (Å²) in [7, 11) is 0. The molecule has 1 aromatic carbocycles. The Labute approximate surface area is 148 Å². The zero-order chi connectivity index (χ0) is 17.1. The van der Waals surface area contributed by atoms with Crippen LogP contribution in [0.4, 0.5) is 10.8 Å². The number of hydrogen-bond donors (Lipinski definition) is 1. The van der Waals surface area contributed by atoms with Gasteiger partial charge in [0, 0.05) is 4.88 Å². The number of hydrogen-bond acceptors (Lipinski definition) is 6. The number of fused-ring (bicyclic) bond motifs is 1. The molecule has 0 amide bonds. The highest BCUT2D eigenvalue weighted by atomic mass is 35.5. The molecule has 124 valence electrons. The number of rotatable bonds is 5. The van der Waals surface area contributed by atoms with Gasteiger partial charge in [0.15, 0.2) is 11.0 Å². The molecular formula is C17H16ClN3O2S. The highest BCUT2D eigenvalue weighted by Gasteiger charge is 2.18. The number of thiophene rings is 1. The predicted octanol–water partition coefficient (Wildman–Crippen LogP) is 4.83. The van der Waals surface area contributed by atoms with Gasteiger partial charge in [-0.25, -0.2) is 14.8 Å². The molecule has 2 heterocycles. The van der Waals surface area contributed by atoms with E-state index in [-0.39, 0.29) is 11.1 Å². The van der Waals surface area contributed by atoms with Crippen LogP contribution in [0.15, 0.2) is 30.3 Å². The van der Waals surface area contributed by atoms with Crippen LogP contribution in [0.2, 0.25) is 5.15 Å². The van der Waals surface area contributed by atoms with Crippen LogP contribution < -0.4 is 5.32 Å². The summed E-state index contributed by atoms with van der Waals surface area (Å²) in [5.74, 6) is 0.0613. The van der Waals surface area contributed by atoms with Gasteiger partial charge in [0.2, 0.25) is 0 Å². The van der Waals surface area contributed by atoms with Crippen molar-refractivity contribution in [3.05, 3.63) is 45.9 Å². The number of aryl methyl sites for hydroxylation is 1. The summed E-state index contributed by atoms with van der Waals surface area (Å²) >= 11 is 7.72. The molecule has 0 unspecified atom stereocenters. The van der Waals surface area contributed by atoms with Gasteiger partial charge in [0.25, 0.3) is 0 Å². The average molecular weight is 362 g/mol. The van der Waals surface area contributed by atoms with Gasteiger partial charge in [-0.05, 0) is 31.5 Å². The maximum Gasteiger partial charge on any atom is 0.341 e. The molecule has 2 aromatic heterocycles. The number of carbonyl (C=O) groups excluding carboxylic acids is 1. The molecule has 0 aliphatic carbocycles. The van der Waals surface area contributed by atoms with Crippen molar-refractivity contribution in [2.24, 2.45) is 0 Å². The highest BCUT2D eigenvalue weighted by Crippen LogP contribution is 2.33. The lowest BCUT2D eigenvalue weighted by Crippen LogP contribution is -2.06. The van der Waals surface area contributed by atoms with Crippen LogP contribution >= 0.6 is 22.9 Å². The number of para-hydroxylation sites is 2. The van der Waals surface area contributed by atoms with Gasteiger partial charge in [-0.2, -0.15) is 0 Å². The second-order valence-electron chi connectivity index (χ2n) is 5.01. The van der Waals surface area contributed by atoms with Gasteiger partial charge < -0.3 is 10.1 Å². The fraction of sp³-hybridized carbons (Fsp3) is 0.235. The lowest BCUT2D eigenvalue weighted by molar-refractivity contribution is 0.0528. The van der Waals surface area contributed by atoms with Gasteiger partial charge in [-0.1, -0.05) is 30.7 Å². The number of ether oxygens (including phenoxy) is 1. The lowest BCUT2D eigenvalue weighted by atomic mass is 10.2. The molecule has 3 rings (SSSR count). The van der Waals surface area contributed by atoms with Crippen molar-refractivity contribution in [2.75, 3.05) is 11.9 Å². The first-order valence-electron chi connectivity index (χ1n) is 7.61. The SMILES string of the molecule is CCOC(=O)c1cc(CC)sc1Nc1nc2ccccc2nc1Cl. The molecule has 0 spiro atoms. The minimum absolute atomic E-state index is 0.259. The van der Waals surface area contributed by atoms with E-state index in [2.05, 4.69) is 15.3 Å². The maximum absolute atomic E-state index is 12.2. The number of nitrogens with zero attached hydrogens (tertiary/aromatic N) is 2. The normalized spacial score (nSPS) is 10.8. The zero-order valence-corrected chi connectivity index (χ0v) is 14.9. The number of halogens is 1. The van der Waals surface area contributed by atoms with Crippen molar-refractivity contribution in [1.82, 2.24) is 9.97 Å². The van der Waals surface area contributed by atoms with Crippen LogP contribution in [0.5, 0.6) is 0 Å². The summed E-state index contributed by atoms with van der Waals surface area (Å²) in [6, 6.07) is 9.32. The third-order valence-electron chi connectivity index (χ3n) is 3.39. The molecule has 3 aromatic rings. The van der Waals surface area contributed by atoms with E-state index in [9.17, 15) is 4.79 Å². The molecule has 0 aliphatic heterocycles. The van der Waals surface area contributed by atoms with Gasteiger partial charge in [-0.3, -0.25) is 0 Å². The lowest BCUT2D eigenvalue weighted by Gasteiger charge is -2.08. The molecule has 0 bridgehead atoms. The Balaban J connectivity index is 2.00. The maximum atomic E-state index is 12.2. The summed E-state index contributed by atoms with van der Waals surface area (Å²) in [6.45, 7) is 4.14. The topological polar surface area (TPSA) is 64.1 Å². The van der Waals surface area contributed by atoms with E-state index in [0.29, 0.717) is 23.0 Å². The Morgan fingerprint density at radius 2 is 1.96 bits per heavy atom. The Hall–Kier alpha value is -2.18. The Morgan fingerprint density at radius 1 is 1.25 bits per heavy atom. The van der Waals surface area contributed by atoms with Crippen molar-refractivity contribution >= 4 is 50.8 Å². The molecular weight excluding hydrogens is 346 g/mol. The quantitative estimate of drug-likeness (QED) is 0.659. The minimum atomic E-state index is -0.360. The summed E-state index contributed by atoms with van der Waals surface area (Å²) in [4.78, 5) is 22.1. The first kappa shape index (κ1) is 16.7. The van der Waals surface area contributed by atoms with Crippen molar-refractivity contribution in [2.45, 2.75) is 20.3 Å². The van der Waals surface area contributed by atoms with Gasteiger partial charge >= 0.3 is 5.97 Å². The minimum Gasteiger partial charge on any atom is -0.462 e. The third kappa shape index (κ3) is 3.34. The number of nitrogens with one attached hydrogen (secondary N) is 1. The van der Waals surface area contributed by atoms with Crippen LogP contribution in [0, 0.1) is 0 Å². The van der Waals surface area contributed by atoms with Crippen LogP contribution in [0.25, 0.3) is 11.0 Å². The molecule has 7 heteroatoms. The Bertz CT molecular complexity index is 895. The molecule has 1 N–H and O–H groups in total. The number of anilines is 2. The molecule has 0 radical (unpaired) electrons. The molecule has 0 saturated carbocycles. The van der Waals surface area contributed by atoms with Crippen LogP contribution in [-0.4, -0.2) is 22.5 Å². The fourth-order valence-electron chi connectivity index (χ4n) is 2.24. The van der Waals surface area contributed by atoms with Gasteiger partial charge in [0.05, 0.1) is 23.2 Å². The van der Waals surface area contributed by atoms with Crippen LogP contribution in [-0.2, 0) is 11.2 Å². The van der Waals surface area contributed by atoms with Crippen molar-refractivity contribution in [3.8, 4) is 0 Å². The molecule has 0 aliphatic rings. The standard InChI is InChI=1S/C17H16ClN3O2S/c1-3-10-9-11(17(22)23-4-2)16(24-10)21-15-14(18)19-12-7-5-6-8-13(12)20-15/h5-9H,3-4H2,1-2H3,(H,20,21). The summed E-state index contributed by atoms with van der Waals surface area (Å²) in [5, 5.41) is 4.06. The number of aromatic nitrogens is 2. The second kappa shape index (κ2) is 7.15. The average Bonchev–Trinajstić information content (AvgIpc) is 2.99. The van der Waals surface area contributed by atoms with E-state index in [0.717, 1.165) is 22.3 Å². The number of carbonyl (C=O) groups is 1. The van der Waals surface area contributed by atoms with E-state index in [1.165, 1.54) is 11.3 Å². The predicted molar refractivity (Wildman–Crippen MR) is 97.5 cm³/mol. The van der Waals surface area contributed by atoms with Gasteiger partial charge in [-0.15, -0.1) is 11.3 Å². The molecule has 0 atom stereocenters. The first-order valence-corrected chi connectivity index (χ1v) is 8.81. The molecule has 5 nitrogen and oxygen atoms in total. The van der Waals surface area contributed by atoms with E-state index < -0.39 is 0 Å². The van der Waals surface area contributed by atoms with Crippen molar-refractivity contribution < 1.29 is 9.53 Å². The summed E-state index contributed by atoms with van der Waals surface area (Å²) < 4.78 is 5.12. The summed E-state index contributed by atoms with van der Waals surface area (Å²) in [5.41, 5.74) is 1.94. The molecule has 0 saturated heterocycles.